The van der Waals surface area contributed by atoms with E-state index < -0.39 is 11.6 Å². The maximum absolute atomic E-state index is 12.6. The number of halogens is 1. The van der Waals surface area contributed by atoms with Gasteiger partial charge in [0.05, 0.1) is 0 Å². The lowest BCUT2D eigenvalue weighted by Gasteiger charge is -2.01. The van der Waals surface area contributed by atoms with E-state index in [1.165, 1.54) is 18.2 Å². The standard InChI is InChI=1S/C7H7FN4O/c8-5-2-1-4(3-6(5)13)7-9-11-12-10-7/h1-3,11-13H,(H,9,10). The molecule has 5 nitrogen and oxygen atoms in total. The minimum Gasteiger partial charge on any atom is -0.505 e. The summed E-state index contributed by atoms with van der Waals surface area (Å²) in [6, 6.07) is 3.97. The zero-order valence-corrected chi connectivity index (χ0v) is 6.50. The van der Waals surface area contributed by atoms with Gasteiger partial charge in [-0.2, -0.15) is 0 Å². The number of phenolic OH excluding ortho intramolecular Hbond substituents is 1. The van der Waals surface area contributed by atoms with E-state index in [0.29, 0.717) is 11.4 Å². The van der Waals surface area contributed by atoms with Crippen molar-refractivity contribution in [3.05, 3.63) is 29.6 Å². The smallest absolute Gasteiger partial charge is 0.170 e. The van der Waals surface area contributed by atoms with Gasteiger partial charge in [-0.25, -0.2) is 9.93 Å². The Kier molecular flexibility index (Phi) is 1.75. The van der Waals surface area contributed by atoms with Gasteiger partial charge >= 0.3 is 0 Å². The number of nitrogens with one attached hydrogen (secondary N) is 3. The molecule has 0 spiro atoms. The first-order valence-electron chi connectivity index (χ1n) is 3.60. The summed E-state index contributed by atoms with van der Waals surface area (Å²) >= 11 is 0. The number of hydrazine groups is 2. The summed E-state index contributed by atoms with van der Waals surface area (Å²) in [5.41, 5.74) is 8.25. The van der Waals surface area contributed by atoms with Crippen LogP contribution in [0.3, 0.4) is 0 Å². The van der Waals surface area contributed by atoms with Gasteiger partial charge in [-0.3, -0.25) is 5.43 Å². The zero-order valence-electron chi connectivity index (χ0n) is 6.50. The summed E-state index contributed by atoms with van der Waals surface area (Å²) in [6.45, 7) is 0. The van der Waals surface area contributed by atoms with Crippen LogP contribution in [0.15, 0.2) is 23.3 Å². The van der Waals surface area contributed by atoms with Crippen LogP contribution < -0.4 is 16.5 Å². The highest BCUT2D eigenvalue weighted by Crippen LogP contribution is 2.16. The molecule has 0 saturated carbocycles. The van der Waals surface area contributed by atoms with Crippen molar-refractivity contribution in [2.24, 2.45) is 5.10 Å². The van der Waals surface area contributed by atoms with Crippen molar-refractivity contribution in [2.75, 3.05) is 0 Å². The van der Waals surface area contributed by atoms with Crippen LogP contribution in [0.5, 0.6) is 5.75 Å². The highest BCUT2D eigenvalue weighted by atomic mass is 19.1. The second-order valence-corrected chi connectivity index (χ2v) is 2.49. The van der Waals surface area contributed by atoms with Crippen LogP contribution in [0.25, 0.3) is 0 Å². The third kappa shape index (κ3) is 1.38. The summed E-state index contributed by atoms with van der Waals surface area (Å²) < 4.78 is 12.6. The Bertz CT molecular complexity index is 366. The number of amidine groups is 1. The monoisotopic (exact) mass is 182 g/mol. The molecule has 0 aliphatic carbocycles. The van der Waals surface area contributed by atoms with E-state index in [0.717, 1.165) is 0 Å². The summed E-state index contributed by atoms with van der Waals surface area (Å²) in [4.78, 5) is 0. The van der Waals surface area contributed by atoms with E-state index in [1.807, 2.05) is 0 Å². The van der Waals surface area contributed by atoms with Crippen molar-refractivity contribution in [3.63, 3.8) is 0 Å². The normalized spacial score (nSPS) is 14.7. The fourth-order valence-corrected chi connectivity index (χ4v) is 0.996. The van der Waals surface area contributed by atoms with Crippen molar-refractivity contribution in [2.45, 2.75) is 0 Å². The van der Waals surface area contributed by atoms with Crippen LogP contribution in [-0.2, 0) is 0 Å². The largest absolute Gasteiger partial charge is 0.505 e. The van der Waals surface area contributed by atoms with E-state index in [4.69, 9.17) is 5.11 Å². The number of benzene rings is 1. The number of hydrogen-bond donors (Lipinski definition) is 4. The maximum Gasteiger partial charge on any atom is 0.170 e. The highest BCUT2D eigenvalue weighted by Gasteiger charge is 2.09. The first kappa shape index (κ1) is 7.81. The molecule has 0 unspecified atom stereocenters. The lowest BCUT2D eigenvalue weighted by Crippen LogP contribution is -2.35. The number of nitrogens with zero attached hydrogens (tertiary/aromatic N) is 1. The molecule has 0 radical (unpaired) electrons. The molecule has 1 aliphatic heterocycles. The Labute approximate surface area is 73.2 Å². The van der Waals surface area contributed by atoms with Crippen LogP contribution in [-0.4, -0.2) is 10.9 Å². The van der Waals surface area contributed by atoms with Crippen LogP contribution in [0, 0.1) is 5.82 Å². The van der Waals surface area contributed by atoms with Gasteiger partial charge in [-0.05, 0) is 18.2 Å². The van der Waals surface area contributed by atoms with Crippen molar-refractivity contribution in [3.8, 4) is 5.75 Å². The zero-order chi connectivity index (χ0) is 9.26. The van der Waals surface area contributed by atoms with Gasteiger partial charge in [-0.1, -0.05) is 0 Å². The molecule has 4 N–H and O–H groups in total. The SMILES string of the molecule is Oc1cc(C2=NNNN2)ccc1F. The van der Waals surface area contributed by atoms with E-state index in [-0.39, 0.29) is 0 Å². The number of phenols is 1. The van der Waals surface area contributed by atoms with Crippen molar-refractivity contribution >= 4 is 5.84 Å². The molecule has 1 aromatic rings. The Morgan fingerprint density at radius 1 is 1.38 bits per heavy atom. The van der Waals surface area contributed by atoms with Gasteiger partial charge in [0.1, 0.15) is 0 Å². The summed E-state index contributed by atoms with van der Waals surface area (Å²) in [7, 11) is 0. The number of hydrogen-bond acceptors (Lipinski definition) is 5. The number of rotatable bonds is 1. The predicted molar refractivity (Wildman–Crippen MR) is 44.0 cm³/mol. The van der Waals surface area contributed by atoms with Crippen molar-refractivity contribution < 1.29 is 9.50 Å². The molecule has 0 bridgehead atoms. The molecule has 13 heavy (non-hydrogen) atoms. The molecule has 1 aromatic carbocycles. The minimum absolute atomic E-state index is 0.395. The van der Waals surface area contributed by atoms with Gasteiger partial charge in [0.15, 0.2) is 17.4 Å². The van der Waals surface area contributed by atoms with Crippen LogP contribution in [0.4, 0.5) is 4.39 Å². The Morgan fingerprint density at radius 3 is 2.85 bits per heavy atom. The van der Waals surface area contributed by atoms with Crippen LogP contribution in [0.1, 0.15) is 5.56 Å². The topological polar surface area (TPSA) is 68.7 Å². The molecule has 0 fully saturated rings. The second kappa shape index (κ2) is 2.91. The average molecular weight is 182 g/mol. The van der Waals surface area contributed by atoms with Gasteiger partial charge in [0.2, 0.25) is 0 Å². The van der Waals surface area contributed by atoms with Crippen molar-refractivity contribution in [1.29, 1.82) is 0 Å². The molecule has 1 heterocycles. The molecule has 6 heteroatoms. The predicted octanol–water partition coefficient (Wildman–Crippen LogP) is -0.195. The number of aromatic hydroxyl groups is 1. The third-order valence-corrected chi connectivity index (χ3v) is 1.62. The molecule has 68 valence electrons. The Balaban J connectivity index is 2.36. The molecular formula is C7H7FN4O. The van der Waals surface area contributed by atoms with Gasteiger partial charge in [0, 0.05) is 5.56 Å². The van der Waals surface area contributed by atoms with Gasteiger partial charge in [-0.15, -0.1) is 10.6 Å². The van der Waals surface area contributed by atoms with E-state index in [2.05, 4.69) is 21.6 Å². The number of hydrazone groups is 1. The summed E-state index contributed by atoms with van der Waals surface area (Å²) in [6.07, 6.45) is 0. The fourth-order valence-electron chi connectivity index (χ4n) is 0.996. The second-order valence-electron chi connectivity index (χ2n) is 2.49. The molecule has 0 atom stereocenters. The van der Waals surface area contributed by atoms with E-state index in [9.17, 15) is 4.39 Å². The first-order valence-corrected chi connectivity index (χ1v) is 3.60. The molecular weight excluding hydrogens is 175 g/mol. The Hall–Kier alpha value is -1.82. The van der Waals surface area contributed by atoms with E-state index in [1.54, 1.807) is 0 Å². The first-order chi connectivity index (χ1) is 6.27. The summed E-state index contributed by atoms with van der Waals surface area (Å²) in [5, 5.41) is 12.8. The maximum atomic E-state index is 12.6. The fraction of sp³-hybridized carbons (Fsp3) is 0. The van der Waals surface area contributed by atoms with Crippen molar-refractivity contribution in [1.82, 2.24) is 16.5 Å². The van der Waals surface area contributed by atoms with Crippen LogP contribution in [0.2, 0.25) is 0 Å². The third-order valence-electron chi connectivity index (χ3n) is 1.62. The molecule has 0 aromatic heterocycles. The minimum atomic E-state index is -0.650. The lowest BCUT2D eigenvalue weighted by atomic mass is 10.2. The molecule has 0 amide bonds. The van der Waals surface area contributed by atoms with Crippen LogP contribution >= 0.6 is 0 Å². The van der Waals surface area contributed by atoms with E-state index >= 15 is 0 Å². The average Bonchev–Trinajstić information content (AvgIpc) is 2.62. The summed E-state index contributed by atoms with van der Waals surface area (Å²) in [5.74, 6) is -0.549. The molecule has 2 rings (SSSR count). The van der Waals surface area contributed by atoms with Gasteiger partial charge < -0.3 is 5.11 Å². The molecule has 1 aliphatic rings. The van der Waals surface area contributed by atoms with Gasteiger partial charge in [0.25, 0.3) is 0 Å². The molecule has 0 saturated heterocycles. The quantitative estimate of drug-likeness (QED) is 0.485. The Morgan fingerprint density at radius 2 is 2.23 bits per heavy atom. The lowest BCUT2D eigenvalue weighted by molar-refractivity contribution is 0.432. The highest BCUT2D eigenvalue weighted by molar-refractivity contribution is 5.99.